The number of benzene rings is 1. The van der Waals surface area contributed by atoms with Crippen molar-refractivity contribution in [1.29, 1.82) is 0 Å². The second-order valence-electron chi connectivity index (χ2n) is 12.0. The molecule has 1 amide bonds. The van der Waals surface area contributed by atoms with Crippen molar-refractivity contribution < 1.29 is 28.2 Å². The summed E-state index contributed by atoms with van der Waals surface area (Å²) in [5, 5.41) is 20.2. The van der Waals surface area contributed by atoms with E-state index in [-0.39, 0.29) is 43.5 Å². The van der Waals surface area contributed by atoms with Crippen LogP contribution in [0.5, 0.6) is 5.88 Å². The molecule has 3 atom stereocenters. The molecule has 1 fully saturated rings. The van der Waals surface area contributed by atoms with Gasteiger partial charge in [0.1, 0.15) is 28.7 Å². The molecule has 0 saturated heterocycles. The van der Waals surface area contributed by atoms with Crippen LogP contribution >= 0.6 is 11.3 Å². The minimum Gasteiger partial charge on any atom is -0.471 e. The maximum Gasteiger partial charge on any atom is 0.246 e. The molecule has 0 radical (unpaired) electrons. The number of rotatable bonds is 12. The summed E-state index contributed by atoms with van der Waals surface area (Å²) in [6.45, 7) is 3.05. The number of thiazole rings is 1. The predicted octanol–water partition coefficient (Wildman–Crippen LogP) is 4.71. The van der Waals surface area contributed by atoms with Crippen molar-refractivity contribution in [3.63, 3.8) is 0 Å². The monoisotopic (exact) mass is 600 g/mol. The van der Waals surface area contributed by atoms with Gasteiger partial charge in [-0.3, -0.25) is 4.79 Å². The van der Waals surface area contributed by atoms with Crippen LogP contribution in [-0.4, -0.2) is 64.7 Å². The molecule has 42 heavy (non-hydrogen) atoms. The van der Waals surface area contributed by atoms with E-state index in [2.05, 4.69) is 20.6 Å². The van der Waals surface area contributed by atoms with Crippen molar-refractivity contribution in [3.8, 4) is 16.5 Å². The second-order valence-corrected chi connectivity index (χ2v) is 12.9. The van der Waals surface area contributed by atoms with Crippen LogP contribution in [0.4, 0.5) is 8.78 Å². The van der Waals surface area contributed by atoms with Gasteiger partial charge in [0.25, 0.3) is 0 Å². The van der Waals surface area contributed by atoms with E-state index >= 15 is 0 Å². The van der Waals surface area contributed by atoms with Crippen LogP contribution < -0.4 is 15.4 Å². The number of ether oxygens (including phenoxy) is 2. The Hall–Kier alpha value is -2.99. The number of fused-ring (bicyclic) bond motifs is 1. The summed E-state index contributed by atoms with van der Waals surface area (Å²) < 4.78 is 40.3. The highest BCUT2D eigenvalue weighted by Gasteiger charge is 2.46. The summed E-state index contributed by atoms with van der Waals surface area (Å²) in [4.78, 5) is 21.3. The number of aliphatic hydroxyl groups is 1. The molecule has 1 aromatic carbocycles. The number of carbonyl (C=O) groups excluding carboxylic acids is 1. The van der Waals surface area contributed by atoms with E-state index in [0.717, 1.165) is 30.4 Å². The Morgan fingerprint density at radius 3 is 2.74 bits per heavy atom. The smallest absolute Gasteiger partial charge is 0.246 e. The third-order valence-corrected chi connectivity index (χ3v) is 8.66. The van der Waals surface area contributed by atoms with Gasteiger partial charge in [0.05, 0.1) is 12.1 Å². The fourth-order valence-corrected chi connectivity index (χ4v) is 6.43. The first-order chi connectivity index (χ1) is 20.0. The molecule has 1 aliphatic carbocycles. The predicted molar refractivity (Wildman–Crippen MR) is 157 cm³/mol. The molecule has 3 N–H and O–H groups in total. The molecule has 5 rings (SSSR count). The van der Waals surface area contributed by atoms with Gasteiger partial charge in [0.15, 0.2) is 0 Å². The average molecular weight is 601 g/mol. The lowest BCUT2D eigenvalue weighted by Gasteiger charge is -2.47. The minimum atomic E-state index is -1.39. The summed E-state index contributed by atoms with van der Waals surface area (Å²) in [6.07, 6.45) is 6.34. The molecule has 2 aromatic heterocycles. The van der Waals surface area contributed by atoms with E-state index in [4.69, 9.17) is 9.47 Å². The number of nitrogens with one attached hydrogen (secondary N) is 2. The number of pyridine rings is 1. The number of methoxy groups -OCH3 is 1. The Bertz CT molecular complexity index is 1380. The van der Waals surface area contributed by atoms with Crippen molar-refractivity contribution in [1.82, 2.24) is 20.6 Å². The Morgan fingerprint density at radius 1 is 1.26 bits per heavy atom. The Balaban J connectivity index is 1.35. The molecule has 1 aliphatic heterocycles. The number of nitrogens with zero attached hydrogens (tertiary/aromatic N) is 2. The van der Waals surface area contributed by atoms with Crippen LogP contribution in [0.2, 0.25) is 0 Å². The summed E-state index contributed by atoms with van der Waals surface area (Å²) >= 11 is 1.40. The zero-order valence-electron chi connectivity index (χ0n) is 24.2. The molecule has 3 heterocycles. The zero-order valence-corrected chi connectivity index (χ0v) is 25.0. The van der Waals surface area contributed by atoms with Crippen LogP contribution in [-0.2, 0) is 22.4 Å². The number of hydrogen-bond acceptors (Lipinski definition) is 8. The quantitative estimate of drug-likeness (QED) is 0.277. The van der Waals surface area contributed by atoms with Gasteiger partial charge < -0.3 is 25.2 Å². The van der Waals surface area contributed by atoms with Gasteiger partial charge in [-0.2, -0.15) is 0 Å². The minimum absolute atomic E-state index is 0.144. The fraction of sp³-hybridized carbons (Fsp3) is 0.516. The lowest BCUT2D eigenvalue weighted by Crippen LogP contribution is -2.52. The van der Waals surface area contributed by atoms with Crippen molar-refractivity contribution >= 4 is 17.2 Å². The highest BCUT2D eigenvalue weighted by Crippen LogP contribution is 2.48. The number of alkyl halides is 1. The number of carbonyl (C=O) groups is 1. The summed E-state index contributed by atoms with van der Waals surface area (Å²) in [6, 6.07) is 5.68. The SMILES string of the molecule is COCC(=O)N[C@@H](Cc1cc(F)cc(-c2nccs2)c1)[C@H](O)CN[C@H]1CC2(CCC2)Oc2ncc(CC(C)(C)F)cc21. The number of halogens is 2. The Morgan fingerprint density at radius 2 is 2.07 bits per heavy atom. The number of aromatic nitrogens is 2. The van der Waals surface area contributed by atoms with Gasteiger partial charge in [0.2, 0.25) is 11.8 Å². The standard InChI is InChI=1S/C31H38F2N4O4S/c1-30(2,33)14-20-11-23-25(15-31(5-4-6-31)41-28(23)36-16-20)35-17-26(38)24(37-27(39)18-40-3)12-19-9-21(13-22(32)10-19)29-34-7-8-42-29/h7-11,13,16,24-26,35,38H,4-6,12,14-15,17-18H2,1-3H3,(H,37,39)/t24-,25-,26+/m0/s1. The number of aliphatic hydroxyl groups excluding tert-OH is 1. The van der Waals surface area contributed by atoms with Gasteiger partial charge in [-0.15, -0.1) is 11.3 Å². The van der Waals surface area contributed by atoms with Gasteiger partial charge in [-0.25, -0.2) is 18.7 Å². The molecule has 3 aromatic rings. The zero-order chi connectivity index (χ0) is 29.9. The van der Waals surface area contributed by atoms with Gasteiger partial charge >= 0.3 is 0 Å². The molecule has 0 bridgehead atoms. The van der Waals surface area contributed by atoms with Crippen molar-refractivity contribution in [3.05, 3.63) is 64.5 Å². The van der Waals surface area contributed by atoms with Crippen LogP contribution in [0, 0.1) is 5.82 Å². The first kappa shape index (κ1) is 30.5. The summed E-state index contributed by atoms with van der Waals surface area (Å²) in [5.41, 5.74) is 1.18. The van der Waals surface area contributed by atoms with Gasteiger partial charge in [-0.1, -0.05) is 0 Å². The average Bonchev–Trinajstić information content (AvgIpc) is 3.44. The van der Waals surface area contributed by atoms with Gasteiger partial charge in [0, 0.05) is 61.4 Å². The Labute approximate surface area is 248 Å². The molecule has 1 saturated carbocycles. The van der Waals surface area contributed by atoms with Crippen LogP contribution in [0.1, 0.15) is 62.3 Å². The largest absolute Gasteiger partial charge is 0.471 e. The van der Waals surface area contributed by atoms with Crippen LogP contribution in [0.15, 0.2) is 42.0 Å². The lowest BCUT2D eigenvalue weighted by molar-refractivity contribution is -0.126. The number of amides is 1. The van der Waals surface area contributed by atoms with Crippen LogP contribution in [0.3, 0.4) is 0 Å². The lowest BCUT2D eigenvalue weighted by atomic mass is 9.73. The normalized spacial score (nSPS) is 19.0. The molecule has 1 spiro atoms. The van der Waals surface area contributed by atoms with E-state index in [0.29, 0.717) is 28.4 Å². The molecular formula is C31H38F2N4O4S. The molecule has 0 unspecified atom stereocenters. The topological polar surface area (TPSA) is 106 Å². The maximum atomic E-state index is 14.6. The third-order valence-electron chi connectivity index (χ3n) is 7.84. The van der Waals surface area contributed by atoms with Crippen molar-refractivity contribution in [2.24, 2.45) is 0 Å². The third kappa shape index (κ3) is 7.50. The molecular weight excluding hydrogens is 562 g/mol. The van der Waals surface area contributed by atoms with Gasteiger partial charge in [-0.05, 0) is 74.9 Å². The van der Waals surface area contributed by atoms with Crippen molar-refractivity contribution in [2.75, 3.05) is 20.3 Å². The van der Waals surface area contributed by atoms with Crippen molar-refractivity contribution in [2.45, 2.75) is 81.8 Å². The van der Waals surface area contributed by atoms with E-state index in [9.17, 15) is 18.7 Å². The second kappa shape index (κ2) is 12.7. The fourth-order valence-electron chi connectivity index (χ4n) is 5.80. The van der Waals surface area contributed by atoms with E-state index in [1.807, 2.05) is 17.5 Å². The molecule has 226 valence electrons. The van der Waals surface area contributed by atoms with E-state index in [1.54, 1.807) is 12.4 Å². The van der Waals surface area contributed by atoms with E-state index in [1.165, 1.54) is 44.4 Å². The summed E-state index contributed by atoms with van der Waals surface area (Å²) in [7, 11) is 1.42. The Kier molecular flexibility index (Phi) is 9.22. The van der Waals surface area contributed by atoms with E-state index < -0.39 is 23.6 Å². The number of hydrogen-bond donors (Lipinski definition) is 3. The first-order valence-electron chi connectivity index (χ1n) is 14.3. The highest BCUT2D eigenvalue weighted by atomic mass is 32.1. The maximum absolute atomic E-state index is 14.6. The van der Waals surface area contributed by atoms with Crippen LogP contribution in [0.25, 0.3) is 10.6 Å². The first-order valence-corrected chi connectivity index (χ1v) is 15.2. The molecule has 8 nitrogen and oxygen atoms in total. The summed E-state index contributed by atoms with van der Waals surface area (Å²) in [5.74, 6) is -0.268. The highest BCUT2D eigenvalue weighted by molar-refractivity contribution is 7.13. The molecule has 2 aliphatic rings. The molecule has 11 heteroatoms.